The minimum Gasteiger partial charge on any atom is -0.452 e. The fourth-order valence-electron chi connectivity index (χ4n) is 1.98. The van der Waals surface area contributed by atoms with E-state index in [0.717, 1.165) is 13.0 Å². The summed E-state index contributed by atoms with van der Waals surface area (Å²) in [6, 6.07) is 1.58. The predicted octanol–water partition coefficient (Wildman–Crippen LogP) is 1.56. The molecule has 2 heterocycles. The van der Waals surface area contributed by atoms with Crippen molar-refractivity contribution < 1.29 is 17.6 Å². The van der Waals surface area contributed by atoms with Crippen LogP contribution in [0.15, 0.2) is 20.0 Å². The molecule has 6 nitrogen and oxygen atoms in total. The minimum atomic E-state index is -3.52. The van der Waals surface area contributed by atoms with Gasteiger partial charge in [0.25, 0.3) is 0 Å². The van der Waals surface area contributed by atoms with Crippen molar-refractivity contribution >= 4 is 26.0 Å². The molecule has 1 saturated heterocycles. The third-order valence-corrected chi connectivity index (χ3v) is 5.78. The van der Waals surface area contributed by atoms with Gasteiger partial charge in [-0.05, 0) is 28.9 Å². The highest BCUT2D eigenvalue weighted by Gasteiger charge is 2.30. The Balaban J connectivity index is 2.14. The van der Waals surface area contributed by atoms with Crippen molar-refractivity contribution in [1.29, 1.82) is 0 Å². The van der Waals surface area contributed by atoms with Gasteiger partial charge in [-0.2, -0.15) is 4.31 Å². The lowest BCUT2D eigenvalue weighted by molar-refractivity contribution is 0.0730. The average Bonchev–Trinajstić information content (AvgIpc) is 2.82. The molecule has 114 valence electrons. The van der Waals surface area contributed by atoms with E-state index in [9.17, 15) is 8.42 Å². The van der Waals surface area contributed by atoms with E-state index in [0.29, 0.717) is 38.6 Å². The molecular formula is C12H19BrN2O4S. The quantitative estimate of drug-likeness (QED) is 0.773. The zero-order chi connectivity index (χ0) is 14.6. The van der Waals surface area contributed by atoms with Gasteiger partial charge in [0.15, 0.2) is 4.67 Å². The summed E-state index contributed by atoms with van der Waals surface area (Å²) in [4.78, 5) is 0.188. The third kappa shape index (κ3) is 3.62. The number of hydrogen-bond acceptors (Lipinski definition) is 5. The van der Waals surface area contributed by atoms with Crippen molar-refractivity contribution in [3.63, 3.8) is 0 Å². The number of sulfonamides is 1. The molecule has 0 aromatic carbocycles. The standard InChI is InChI=1S/C12H19BrN2O4S/c1-2-3-14-9-10-8-11(12(13)19-10)20(16,17)15-4-6-18-7-5-15/h8,14H,2-7,9H2,1H3. The van der Waals surface area contributed by atoms with Gasteiger partial charge >= 0.3 is 0 Å². The van der Waals surface area contributed by atoms with Gasteiger partial charge < -0.3 is 14.5 Å². The van der Waals surface area contributed by atoms with Gasteiger partial charge in [-0.3, -0.25) is 0 Å². The molecule has 0 aliphatic carbocycles. The van der Waals surface area contributed by atoms with E-state index >= 15 is 0 Å². The van der Waals surface area contributed by atoms with Crippen LogP contribution in [0.2, 0.25) is 0 Å². The average molecular weight is 367 g/mol. The number of morpholine rings is 1. The third-order valence-electron chi connectivity index (χ3n) is 3.02. The Morgan fingerprint density at radius 3 is 2.75 bits per heavy atom. The van der Waals surface area contributed by atoms with Gasteiger partial charge in [0, 0.05) is 19.2 Å². The van der Waals surface area contributed by atoms with Crippen molar-refractivity contribution in [2.45, 2.75) is 24.8 Å². The Labute approximate surface area is 127 Å². The first kappa shape index (κ1) is 16.0. The molecule has 0 atom stereocenters. The lowest BCUT2D eigenvalue weighted by Crippen LogP contribution is -2.40. The highest BCUT2D eigenvalue weighted by molar-refractivity contribution is 9.10. The van der Waals surface area contributed by atoms with Crippen LogP contribution in [0.4, 0.5) is 0 Å². The molecule has 0 radical (unpaired) electrons. The van der Waals surface area contributed by atoms with Gasteiger partial charge in [-0.25, -0.2) is 8.42 Å². The minimum absolute atomic E-state index is 0.188. The van der Waals surface area contributed by atoms with Crippen LogP contribution in [0.1, 0.15) is 19.1 Å². The van der Waals surface area contributed by atoms with Gasteiger partial charge in [-0.15, -0.1) is 0 Å². The molecule has 0 bridgehead atoms. The molecule has 0 unspecified atom stereocenters. The molecule has 1 aliphatic rings. The van der Waals surface area contributed by atoms with Crippen LogP contribution >= 0.6 is 15.9 Å². The second-order valence-electron chi connectivity index (χ2n) is 4.54. The SMILES string of the molecule is CCCNCc1cc(S(=O)(=O)N2CCOCC2)c(Br)o1. The maximum absolute atomic E-state index is 12.5. The Morgan fingerprint density at radius 1 is 1.40 bits per heavy atom. The van der Waals surface area contributed by atoms with E-state index in [-0.39, 0.29) is 9.56 Å². The number of halogens is 1. The second-order valence-corrected chi connectivity index (χ2v) is 7.17. The molecule has 0 amide bonds. The lowest BCUT2D eigenvalue weighted by atomic mass is 10.4. The first-order chi connectivity index (χ1) is 9.55. The molecule has 1 aromatic heterocycles. The summed E-state index contributed by atoms with van der Waals surface area (Å²) >= 11 is 3.20. The summed E-state index contributed by atoms with van der Waals surface area (Å²) < 4.78 is 37.3. The second kappa shape index (κ2) is 7.04. The number of furan rings is 1. The molecular weight excluding hydrogens is 348 g/mol. The number of nitrogens with zero attached hydrogens (tertiary/aromatic N) is 1. The Bertz CT molecular complexity index is 538. The molecule has 0 saturated carbocycles. The normalized spacial score (nSPS) is 17.5. The van der Waals surface area contributed by atoms with Crippen LogP contribution in [0.25, 0.3) is 0 Å². The highest BCUT2D eigenvalue weighted by Crippen LogP contribution is 2.29. The summed E-state index contributed by atoms with van der Waals surface area (Å²) in [7, 11) is -3.52. The van der Waals surface area contributed by atoms with Crippen molar-refractivity contribution in [3.05, 3.63) is 16.5 Å². The zero-order valence-corrected chi connectivity index (χ0v) is 13.8. The summed E-state index contributed by atoms with van der Waals surface area (Å²) in [6.07, 6.45) is 1.01. The Hall–Kier alpha value is -0.410. The fraction of sp³-hybridized carbons (Fsp3) is 0.667. The topological polar surface area (TPSA) is 71.8 Å². The van der Waals surface area contributed by atoms with Gasteiger partial charge in [-0.1, -0.05) is 6.92 Å². The molecule has 2 rings (SSSR count). The maximum Gasteiger partial charge on any atom is 0.247 e. The van der Waals surface area contributed by atoms with Crippen LogP contribution in [0, 0.1) is 0 Å². The molecule has 0 spiro atoms. The summed E-state index contributed by atoms with van der Waals surface area (Å²) in [5.74, 6) is 0.608. The fourth-order valence-corrected chi connectivity index (χ4v) is 4.34. The van der Waals surface area contributed by atoms with Crippen LogP contribution in [0.5, 0.6) is 0 Å². The highest BCUT2D eigenvalue weighted by atomic mass is 79.9. The van der Waals surface area contributed by atoms with E-state index < -0.39 is 10.0 Å². The molecule has 1 aromatic rings. The number of nitrogens with one attached hydrogen (secondary N) is 1. The summed E-state index contributed by atoms with van der Waals surface area (Å²) in [6.45, 7) is 5.07. The van der Waals surface area contributed by atoms with E-state index in [4.69, 9.17) is 9.15 Å². The Kier molecular flexibility index (Phi) is 5.62. The predicted molar refractivity (Wildman–Crippen MR) is 78.0 cm³/mol. The van der Waals surface area contributed by atoms with Crippen molar-refractivity contribution in [2.24, 2.45) is 0 Å². The van der Waals surface area contributed by atoms with Gasteiger partial charge in [0.1, 0.15) is 10.7 Å². The number of hydrogen-bond donors (Lipinski definition) is 1. The van der Waals surface area contributed by atoms with Crippen LogP contribution < -0.4 is 5.32 Å². The summed E-state index contributed by atoms with van der Waals surface area (Å²) in [5, 5.41) is 3.18. The van der Waals surface area contributed by atoms with Crippen LogP contribution in [-0.2, 0) is 21.3 Å². The first-order valence-corrected chi connectivity index (χ1v) is 8.86. The molecule has 8 heteroatoms. The smallest absolute Gasteiger partial charge is 0.247 e. The zero-order valence-electron chi connectivity index (χ0n) is 11.4. The van der Waals surface area contributed by atoms with Gasteiger partial charge in [0.05, 0.1) is 19.8 Å². The van der Waals surface area contributed by atoms with Crippen LogP contribution in [0.3, 0.4) is 0 Å². The number of ether oxygens (including phenoxy) is 1. The van der Waals surface area contributed by atoms with Crippen molar-refractivity contribution in [1.82, 2.24) is 9.62 Å². The monoisotopic (exact) mass is 366 g/mol. The molecule has 1 aliphatic heterocycles. The van der Waals surface area contributed by atoms with Crippen molar-refractivity contribution in [3.8, 4) is 0 Å². The van der Waals surface area contributed by atoms with E-state index in [1.807, 2.05) is 0 Å². The molecule has 20 heavy (non-hydrogen) atoms. The maximum atomic E-state index is 12.5. The number of rotatable bonds is 6. The van der Waals surface area contributed by atoms with Crippen molar-refractivity contribution in [2.75, 3.05) is 32.8 Å². The Morgan fingerprint density at radius 2 is 2.10 bits per heavy atom. The summed E-state index contributed by atoms with van der Waals surface area (Å²) in [5.41, 5.74) is 0. The lowest BCUT2D eigenvalue weighted by Gasteiger charge is -2.25. The van der Waals surface area contributed by atoms with E-state index in [1.165, 1.54) is 4.31 Å². The van der Waals surface area contributed by atoms with E-state index in [1.54, 1.807) is 6.07 Å². The molecule has 1 N–H and O–H groups in total. The first-order valence-electron chi connectivity index (χ1n) is 6.62. The molecule has 1 fully saturated rings. The largest absolute Gasteiger partial charge is 0.452 e. The van der Waals surface area contributed by atoms with Gasteiger partial charge in [0.2, 0.25) is 10.0 Å². The van der Waals surface area contributed by atoms with Crippen LogP contribution in [-0.4, -0.2) is 45.6 Å². The van der Waals surface area contributed by atoms with E-state index in [2.05, 4.69) is 28.2 Å².